The van der Waals surface area contributed by atoms with Crippen LogP contribution in [-0.4, -0.2) is 58.3 Å². The molecule has 0 aromatic heterocycles. The molecule has 2 rings (SSSR count). The highest BCUT2D eigenvalue weighted by Crippen LogP contribution is 2.40. The van der Waals surface area contributed by atoms with E-state index in [0.29, 0.717) is 48.7 Å². The molecule has 1 aliphatic heterocycles. The number of benzene rings is 1. The van der Waals surface area contributed by atoms with Gasteiger partial charge in [0.1, 0.15) is 0 Å². The first-order valence-corrected chi connectivity index (χ1v) is 8.39. The molecule has 0 atom stereocenters. The van der Waals surface area contributed by atoms with Crippen LogP contribution in [-0.2, 0) is 14.3 Å². The van der Waals surface area contributed by atoms with E-state index in [1.807, 2.05) is 0 Å². The Bertz CT molecular complexity index is 677. The number of piperidine rings is 1. The van der Waals surface area contributed by atoms with Crippen LogP contribution in [0.15, 0.2) is 18.2 Å². The molecule has 1 amide bonds. The fraction of sp³-hybridized carbons (Fsp3) is 0.474. The molecule has 0 bridgehead atoms. The third-order valence-corrected chi connectivity index (χ3v) is 4.48. The molecule has 0 N–H and O–H groups in total. The third-order valence-electron chi connectivity index (χ3n) is 4.48. The molecule has 1 heterocycles. The normalized spacial score (nSPS) is 15.0. The molecule has 1 aromatic rings. The highest BCUT2D eigenvalue weighted by Gasteiger charge is 2.27. The summed E-state index contributed by atoms with van der Waals surface area (Å²) in [5.74, 6) is 1.09. The van der Waals surface area contributed by atoms with Gasteiger partial charge in [0.2, 0.25) is 11.7 Å². The third kappa shape index (κ3) is 4.28. The molecule has 0 aliphatic carbocycles. The maximum Gasteiger partial charge on any atom is 0.308 e. The van der Waals surface area contributed by atoms with Gasteiger partial charge in [-0.3, -0.25) is 9.59 Å². The second kappa shape index (κ2) is 9.12. The monoisotopic (exact) mass is 363 g/mol. The maximum atomic E-state index is 12.4. The number of amides is 1. The summed E-state index contributed by atoms with van der Waals surface area (Å²) in [7, 11) is 6.01. The highest BCUT2D eigenvalue weighted by molar-refractivity contribution is 5.92. The molecule has 0 radical (unpaired) electrons. The van der Waals surface area contributed by atoms with Crippen molar-refractivity contribution in [2.45, 2.75) is 12.8 Å². The average molecular weight is 363 g/mol. The van der Waals surface area contributed by atoms with Gasteiger partial charge in [0.05, 0.1) is 34.4 Å². The Kier molecular flexibility index (Phi) is 6.89. The predicted octanol–water partition coefficient (Wildman–Crippen LogP) is 2.14. The van der Waals surface area contributed by atoms with E-state index in [-0.39, 0.29) is 17.8 Å². The number of carbonyl (C=O) groups excluding carboxylic acids is 2. The summed E-state index contributed by atoms with van der Waals surface area (Å²) < 4.78 is 20.8. The van der Waals surface area contributed by atoms with Crippen molar-refractivity contribution >= 4 is 18.0 Å². The van der Waals surface area contributed by atoms with E-state index in [1.165, 1.54) is 27.4 Å². The molecular weight excluding hydrogens is 338 g/mol. The molecule has 1 fully saturated rings. The van der Waals surface area contributed by atoms with Gasteiger partial charge in [-0.1, -0.05) is 0 Å². The summed E-state index contributed by atoms with van der Waals surface area (Å²) in [4.78, 5) is 25.7. The zero-order valence-corrected chi connectivity index (χ0v) is 15.6. The van der Waals surface area contributed by atoms with Crippen LogP contribution in [0.1, 0.15) is 18.4 Å². The van der Waals surface area contributed by atoms with Crippen LogP contribution in [0.2, 0.25) is 0 Å². The number of ether oxygens (including phenoxy) is 4. The zero-order chi connectivity index (χ0) is 19.1. The Morgan fingerprint density at radius 3 is 2.19 bits per heavy atom. The van der Waals surface area contributed by atoms with Crippen molar-refractivity contribution in [1.82, 2.24) is 4.90 Å². The number of esters is 1. The lowest BCUT2D eigenvalue weighted by Gasteiger charge is -2.29. The largest absolute Gasteiger partial charge is 0.493 e. The molecule has 142 valence electrons. The quantitative estimate of drug-likeness (QED) is 0.569. The lowest BCUT2D eigenvalue weighted by molar-refractivity contribution is -0.148. The summed E-state index contributed by atoms with van der Waals surface area (Å²) in [6.07, 6.45) is 4.43. The average Bonchev–Trinajstić information content (AvgIpc) is 2.70. The minimum atomic E-state index is -0.206. The molecule has 7 nitrogen and oxygen atoms in total. The molecule has 0 spiro atoms. The number of likely N-dealkylation sites (tertiary alicyclic amines) is 1. The van der Waals surface area contributed by atoms with Gasteiger partial charge in [0, 0.05) is 24.7 Å². The second-order valence-corrected chi connectivity index (χ2v) is 5.88. The number of hydrogen-bond acceptors (Lipinski definition) is 6. The van der Waals surface area contributed by atoms with Crippen LogP contribution in [0, 0.1) is 5.92 Å². The van der Waals surface area contributed by atoms with Gasteiger partial charge in [0.15, 0.2) is 11.5 Å². The van der Waals surface area contributed by atoms with Gasteiger partial charge in [-0.15, -0.1) is 0 Å². The van der Waals surface area contributed by atoms with Crippen molar-refractivity contribution in [3.05, 3.63) is 23.8 Å². The second-order valence-electron chi connectivity index (χ2n) is 5.88. The van der Waals surface area contributed by atoms with Gasteiger partial charge in [-0.25, -0.2) is 0 Å². The standard InChI is InChI=1S/C19H25NO6/c1-23-15-7-5-13(17(24-2)18(15)25-3)6-8-16(21)20-11-9-14(10-12-20)19(22)26-4/h5-8,14H,9-12H2,1-4H3/b8-6+. The first kappa shape index (κ1) is 19.6. The van der Waals surface area contributed by atoms with E-state index in [9.17, 15) is 9.59 Å². The van der Waals surface area contributed by atoms with Gasteiger partial charge in [-0.2, -0.15) is 0 Å². The minimum Gasteiger partial charge on any atom is -0.493 e. The van der Waals surface area contributed by atoms with E-state index < -0.39 is 0 Å². The Hall–Kier alpha value is -2.70. The number of hydrogen-bond donors (Lipinski definition) is 0. The van der Waals surface area contributed by atoms with Crippen molar-refractivity contribution in [1.29, 1.82) is 0 Å². The SMILES string of the molecule is COC(=O)C1CCN(C(=O)/C=C/c2ccc(OC)c(OC)c2OC)CC1. The van der Waals surface area contributed by atoms with Crippen molar-refractivity contribution < 1.29 is 28.5 Å². The van der Waals surface area contributed by atoms with Crippen molar-refractivity contribution in [3.63, 3.8) is 0 Å². The van der Waals surface area contributed by atoms with Gasteiger partial charge in [-0.05, 0) is 31.1 Å². The van der Waals surface area contributed by atoms with Crippen LogP contribution in [0.25, 0.3) is 6.08 Å². The van der Waals surface area contributed by atoms with Crippen molar-refractivity contribution in [3.8, 4) is 17.2 Å². The summed E-state index contributed by atoms with van der Waals surface area (Å²) in [6.45, 7) is 1.07. The molecule has 0 unspecified atom stereocenters. The van der Waals surface area contributed by atoms with E-state index in [1.54, 1.807) is 30.2 Å². The minimum absolute atomic E-state index is 0.106. The Balaban J connectivity index is 2.08. The van der Waals surface area contributed by atoms with Crippen molar-refractivity contribution in [2.75, 3.05) is 41.5 Å². The predicted molar refractivity (Wildman–Crippen MR) is 96.5 cm³/mol. The maximum absolute atomic E-state index is 12.4. The summed E-state index contributed by atoms with van der Waals surface area (Å²) in [6, 6.07) is 3.56. The van der Waals surface area contributed by atoms with Gasteiger partial charge >= 0.3 is 5.97 Å². The van der Waals surface area contributed by atoms with E-state index in [0.717, 1.165) is 0 Å². The smallest absolute Gasteiger partial charge is 0.308 e. The molecular formula is C19H25NO6. The fourth-order valence-corrected chi connectivity index (χ4v) is 3.02. The summed E-state index contributed by atoms with van der Waals surface area (Å²) in [5, 5.41) is 0. The van der Waals surface area contributed by atoms with Gasteiger partial charge < -0.3 is 23.8 Å². The van der Waals surface area contributed by atoms with Crippen molar-refractivity contribution in [2.24, 2.45) is 5.92 Å². The fourth-order valence-electron chi connectivity index (χ4n) is 3.02. The van der Waals surface area contributed by atoms with Gasteiger partial charge in [0.25, 0.3) is 0 Å². The molecule has 26 heavy (non-hydrogen) atoms. The lowest BCUT2D eigenvalue weighted by Crippen LogP contribution is -2.39. The molecule has 7 heteroatoms. The molecule has 0 saturated carbocycles. The Morgan fingerprint density at radius 2 is 1.65 bits per heavy atom. The number of methoxy groups -OCH3 is 4. The van der Waals surface area contributed by atoms with Crippen LogP contribution in [0.5, 0.6) is 17.2 Å². The van der Waals surface area contributed by atoms with Crippen LogP contribution in [0.4, 0.5) is 0 Å². The molecule has 1 saturated heterocycles. The molecule has 1 aromatic carbocycles. The lowest BCUT2D eigenvalue weighted by atomic mass is 9.97. The Morgan fingerprint density at radius 1 is 1.00 bits per heavy atom. The summed E-state index contributed by atoms with van der Waals surface area (Å²) >= 11 is 0. The van der Waals surface area contributed by atoms with E-state index >= 15 is 0 Å². The first-order chi connectivity index (χ1) is 12.5. The zero-order valence-electron chi connectivity index (χ0n) is 15.6. The molecule has 1 aliphatic rings. The highest BCUT2D eigenvalue weighted by atomic mass is 16.5. The first-order valence-electron chi connectivity index (χ1n) is 8.39. The number of rotatable bonds is 6. The van der Waals surface area contributed by atoms with Crippen LogP contribution >= 0.6 is 0 Å². The van der Waals surface area contributed by atoms with E-state index in [4.69, 9.17) is 18.9 Å². The Labute approximate surface area is 153 Å². The van der Waals surface area contributed by atoms with Crippen LogP contribution < -0.4 is 14.2 Å². The van der Waals surface area contributed by atoms with Crippen LogP contribution in [0.3, 0.4) is 0 Å². The number of nitrogens with zero attached hydrogens (tertiary/aromatic N) is 1. The summed E-state index contributed by atoms with van der Waals surface area (Å²) in [5.41, 5.74) is 0.711. The number of carbonyl (C=O) groups is 2. The topological polar surface area (TPSA) is 74.3 Å². The van der Waals surface area contributed by atoms with E-state index in [2.05, 4.69) is 0 Å².